The van der Waals surface area contributed by atoms with Crippen molar-refractivity contribution in [3.8, 4) is 0 Å². The standard InChI is InChI=1S/C18H34N2O/c1-4-17(2)13-19-18(10-5-6-11-18)14-20(17)15-8-7-9-16(12-15)21-3/h15-16,19H,4-14H2,1-3H3. The molecule has 3 heteroatoms. The smallest absolute Gasteiger partial charge is 0.0586 e. The number of ether oxygens (including phenoxy) is 1. The summed E-state index contributed by atoms with van der Waals surface area (Å²) in [6, 6.07) is 0.730. The molecule has 3 nitrogen and oxygen atoms in total. The highest BCUT2D eigenvalue weighted by molar-refractivity contribution is 5.07. The van der Waals surface area contributed by atoms with Gasteiger partial charge in [0.05, 0.1) is 6.10 Å². The van der Waals surface area contributed by atoms with Gasteiger partial charge in [0.2, 0.25) is 0 Å². The topological polar surface area (TPSA) is 24.5 Å². The number of hydrogen-bond donors (Lipinski definition) is 1. The molecule has 3 atom stereocenters. The normalized spacial score (nSPS) is 40.7. The Kier molecular flexibility index (Phi) is 4.63. The predicted molar refractivity (Wildman–Crippen MR) is 87.7 cm³/mol. The minimum Gasteiger partial charge on any atom is -0.381 e. The molecule has 0 aromatic heterocycles. The highest BCUT2D eigenvalue weighted by atomic mass is 16.5. The molecule has 0 radical (unpaired) electrons. The molecular weight excluding hydrogens is 260 g/mol. The summed E-state index contributed by atoms with van der Waals surface area (Å²) in [5.74, 6) is 0. The minimum atomic E-state index is 0.328. The van der Waals surface area contributed by atoms with Gasteiger partial charge in [0.1, 0.15) is 0 Å². The molecule has 3 fully saturated rings. The van der Waals surface area contributed by atoms with Gasteiger partial charge in [-0.25, -0.2) is 0 Å². The van der Waals surface area contributed by atoms with Gasteiger partial charge in [0, 0.05) is 37.3 Å². The molecule has 1 aliphatic heterocycles. The first-order valence-electron chi connectivity index (χ1n) is 9.15. The highest BCUT2D eigenvalue weighted by Crippen LogP contribution is 2.40. The van der Waals surface area contributed by atoms with Crippen LogP contribution in [0.1, 0.15) is 71.6 Å². The van der Waals surface area contributed by atoms with E-state index in [9.17, 15) is 0 Å². The van der Waals surface area contributed by atoms with Crippen LogP contribution >= 0.6 is 0 Å². The van der Waals surface area contributed by atoms with Gasteiger partial charge < -0.3 is 10.1 Å². The average Bonchev–Trinajstić information content (AvgIpc) is 2.99. The van der Waals surface area contributed by atoms with Crippen molar-refractivity contribution in [2.24, 2.45) is 0 Å². The van der Waals surface area contributed by atoms with E-state index in [0.717, 1.165) is 12.6 Å². The Balaban J connectivity index is 1.77. The lowest BCUT2D eigenvalue weighted by molar-refractivity contribution is -0.0531. The van der Waals surface area contributed by atoms with E-state index in [0.29, 0.717) is 17.2 Å². The summed E-state index contributed by atoms with van der Waals surface area (Å²) in [7, 11) is 1.89. The van der Waals surface area contributed by atoms with Crippen LogP contribution in [0.2, 0.25) is 0 Å². The van der Waals surface area contributed by atoms with Crippen LogP contribution in [-0.4, -0.2) is 48.3 Å². The maximum absolute atomic E-state index is 5.69. The molecule has 2 saturated carbocycles. The SMILES string of the molecule is CCC1(C)CNC2(CCCC2)CN1C1CCCC(OC)C1. The molecule has 0 aromatic carbocycles. The highest BCUT2D eigenvalue weighted by Gasteiger charge is 2.48. The Hall–Kier alpha value is -0.120. The van der Waals surface area contributed by atoms with Gasteiger partial charge in [-0.2, -0.15) is 0 Å². The maximum atomic E-state index is 5.69. The quantitative estimate of drug-likeness (QED) is 0.864. The second kappa shape index (κ2) is 6.17. The monoisotopic (exact) mass is 294 g/mol. The Bertz CT molecular complexity index is 353. The third kappa shape index (κ3) is 3.02. The molecule has 3 rings (SSSR count). The van der Waals surface area contributed by atoms with E-state index in [4.69, 9.17) is 4.74 Å². The fourth-order valence-electron chi connectivity index (χ4n) is 4.95. The summed E-state index contributed by atoms with van der Waals surface area (Å²) in [4.78, 5) is 2.89. The van der Waals surface area contributed by atoms with Gasteiger partial charge >= 0.3 is 0 Å². The number of nitrogens with one attached hydrogen (secondary N) is 1. The van der Waals surface area contributed by atoms with Crippen LogP contribution < -0.4 is 5.32 Å². The van der Waals surface area contributed by atoms with Gasteiger partial charge in [-0.05, 0) is 51.9 Å². The Labute approximate surface area is 130 Å². The van der Waals surface area contributed by atoms with Crippen LogP contribution in [0.4, 0.5) is 0 Å². The third-order valence-corrected chi connectivity index (χ3v) is 6.71. The van der Waals surface area contributed by atoms with Crippen molar-refractivity contribution in [3.63, 3.8) is 0 Å². The average molecular weight is 294 g/mol. The Morgan fingerprint density at radius 2 is 1.95 bits per heavy atom. The van der Waals surface area contributed by atoms with Gasteiger partial charge in [0.15, 0.2) is 0 Å². The molecule has 1 N–H and O–H groups in total. The van der Waals surface area contributed by atoms with Crippen molar-refractivity contribution >= 4 is 0 Å². The first kappa shape index (κ1) is 15.8. The third-order valence-electron chi connectivity index (χ3n) is 6.71. The number of nitrogens with zero attached hydrogens (tertiary/aromatic N) is 1. The largest absolute Gasteiger partial charge is 0.381 e. The molecular formula is C18H34N2O. The number of methoxy groups -OCH3 is 1. The Morgan fingerprint density at radius 1 is 1.19 bits per heavy atom. The van der Waals surface area contributed by atoms with Crippen LogP contribution in [0.25, 0.3) is 0 Å². The Morgan fingerprint density at radius 3 is 2.62 bits per heavy atom. The summed E-state index contributed by atoms with van der Waals surface area (Å²) in [6.07, 6.45) is 12.5. The van der Waals surface area contributed by atoms with Gasteiger partial charge in [-0.3, -0.25) is 4.90 Å². The molecule has 2 aliphatic carbocycles. The van der Waals surface area contributed by atoms with Crippen LogP contribution in [-0.2, 0) is 4.74 Å². The molecule has 1 heterocycles. The van der Waals surface area contributed by atoms with Crippen molar-refractivity contribution in [3.05, 3.63) is 0 Å². The van der Waals surface area contributed by atoms with Crippen molar-refractivity contribution in [1.29, 1.82) is 0 Å². The van der Waals surface area contributed by atoms with Crippen LogP contribution in [0, 0.1) is 0 Å². The number of rotatable bonds is 3. The van der Waals surface area contributed by atoms with Crippen LogP contribution in [0.5, 0.6) is 0 Å². The maximum Gasteiger partial charge on any atom is 0.0586 e. The zero-order valence-corrected chi connectivity index (χ0v) is 14.3. The lowest BCUT2D eigenvalue weighted by Crippen LogP contribution is -2.70. The molecule has 122 valence electrons. The van der Waals surface area contributed by atoms with E-state index in [1.807, 2.05) is 7.11 Å². The number of piperazine rings is 1. The summed E-state index contributed by atoms with van der Waals surface area (Å²) >= 11 is 0. The van der Waals surface area contributed by atoms with Crippen LogP contribution in [0.15, 0.2) is 0 Å². The number of hydrogen-bond acceptors (Lipinski definition) is 3. The minimum absolute atomic E-state index is 0.328. The second-order valence-electron chi connectivity index (χ2n) is 8.00. The molecule has 1 saturated heterocycles. The van der Waals surface area contributed by atoms with Crippen molar-refractivity contribution in [2.75, 3.05) is 20.2 Å². The van der Waals surface area contributed by atoms with Gasteiger partial charge in [-0.15, -0.1) is 0 Å². The van der Waals surface area contributed by atoms with E-state index in [-0.39, 0.29) is 0 Å². The summed E-state index contributed by atoms with van der Waals surface area (Å²) in [6.45, 7) is 7.26. The van der Waals surface area contributed by atoms with Crippen LogP contribution in [0.3, 0.4) is 0 Å². The van der Waals surface area contributed by atoms with Gasteiger partial charge in [0.25, 0.3) is 0 Å². The zero-order chi connectivity index (χ0) is 14.9. The summed E-state index contributed by atoms with van der Waals surface area (Å²) in [5.41, 5.74) is 0.753. The molecule has 3 aliphatic rings. The van der Waals surface area contributed by atoms with E-state index in [1.165, 1.54) is 64.3 Å². The fourth-order valence-corrected chi connectivity index (χ4v) is 4.95. The molecule has 0 amide bonds. The van der Waals surface area contributed by atoms with Crippen molar-refractivity contribution in [1.82, 2.24) is 10.2 Å². The molecule has 21 heavy (non-hydrogen) atoms. The zero-order valence-electron chi connectivity index (χ0n) is 14.3. The van der Waals surface area contributed by atoms with E-state index in [2.05, 4.69) is 24.1 Å². The van der Waals surface area contributed by atoms with E-state index < -0.39 is 0 Å². The molecule has 1 spiro atoms. The van der Waals surface area contributed by atoms with E-state index >= 15 is 0 Å². The lowest BCUT2D eigenvalue weighted by atomic mass is 9.80. The first-order chi connectivity index (χ1) is 10.1. The summed E-state index contributed by atoms with van der Waals surface area (Å²) in [5, 5.41) is 3.96. The predicted octanol–water partition coefficient (Wildman–Crippen LogP) is 3.33. The lowest BCUT2D eigenvalue weighted by Gasteiger charge is -2.56. The van der Waals surface area contributed by atoms with Crippen molar-refractivity contribution < 1.29 is 4.74 Å². The second-order valence-corrected chi connectivity index (χ2v) is 8.00. The van der Waals surface area contributed by atoms with E-state index in [1.54, 1.807) is 0 Å². The summed E-state index contributed by atoms with van der Waals surface area (Å²) < 4.78 is 5.69. The molecule has 0 bridgehead atoms. The molecule has 0 aromatic rings. The molecule has 3 unspecified atom stereocenters. The van der Waals surface area contributed by atoms with Crippen molar-refractivity contribution in [2.45, 2.75) is 94.9 Å². The van der Waals surface area contributed by atoms with Gasteiger partial charge in [-0.1, -0.05) is 19.8 Å². The first-order valence-corrected chi connectivity index (χ1v) is 9.15. The fraction of sp³-hybridized carbons (Fsp3) is 1.00.